The Labute approximate surface area is 145 Å². The van der Waals surface area contributed by atoms with Crippen molar-refractivity contribution < 1.29 is 9.53 Å². The van der Waals surface area contributed by atoms with E-state index in [1.54, 1.807) is 7.11 Å². The molecule has 1 aromatic carbocycles. The number of anilines is 1. The Bertz CT molecular complexity index is 597. The highest BCUT2D eigenvalue weighted by Gasteiger charge is 2.28. The molecule has 132 valence electrons. The average Bonchev–Trinajstić information content (AvgIpc) is 3.23. The summed E-state index contributed by atoms with van der Waals surface area (Å²) in [6.45, 7) is 9.31. The normalized spacial score (nSPS) is 21.3. The molecule has 0 saturated carbocycles. The van der Waals surface area contributed by atoms with Gasteiger partial charge in [0.1, 0.15) is 5.75 Å². The first-order valence-electron chi connectivity index (χ1n) is 9.00. The average molecular weight is 331 g/mol. The van der Waals surface area contributed by atoms with E-state index in [9.17, 15) is 4.79 Å². The molecule has 24 heavy (non-hydrogen) atoms. The number of benzene rings is 1. The summed E-state index contributed by atoms with van der Waals surface area (Å²) in [5.74, 6) is 1.43. The smallest absolute Gasteiger partial charge is 0.321 e. The monoisotopic (exact) mass is 331 g/mol. The molecule has 2 heterocycles. The standard InChI is InChI=1S/C19H29N3O2/c1-14-10-17(15(2)18(11-14)24-3)20-19(23)22-9-6-16(13-22)12-21-7-4-5-8-21/h10-11,16H,4-9,12-13H2,1-3H3,(H,20,23). The second kappa shape index (κ2) is 7.43. The summed E-state index contributed by atoms with van der Waals surface area (Å²) in [4.78, 5) is 17.1. The van der Waals surface area contributed by atoms with Crippen molar-refractivity contribution >= 4 is 11.7 Å². The van der Waals surface area contributed by atoms with Gasteiger partial charge in [-0.05, 0) is 69.8 Å². The summed E-state index contributed by atoms with van der Waals surface area (Å²) in [6, 6.07) is 4.01. The number of methoxy groups -OCH3 is 1. The minimum absolute atomic E-state index is 0.00896. The molecule has 2 saturated heterocycles. The number of urea groups is 1. The topological polar surface area (TPSA) is 44.8 Å². The molecule has 1 aromatic rings. The van der Waals surface area contributed by atoms with Gasteiger partial charge in [-0.25, -0.2) is 4.79 Å². The van der Waals surface area contributed by atoms with Crippen molar-refractivity contribution in [3.8, 4) is 5.75 Å². The van der Waals surface area contributed by atoms with E-state index in [1.165, 1.54) is 25.9 Å². The summed E-state index contributed by atoms with van der Waals surface area (Å²) in [7, 11) is 1.66. The first-order chi connectivity index (χ1) is 11.6. The molecule has 2 amide bonds. The Kier molecular flexibility index (Phi) is 5.29. The maximum atomic E-state index is 12.6. The fourth-order valence-electron chi connectivity index (χ4n) is 3.86. The Morgan fingerprint density at radius 3 is 2.71 bits per heavy atom. The van der Waals surface area contributed by atoms with Crippen LogP contribution in [0.4, 0.5) is 10.5 Å². The number of likely N-dealkylation sites (tertiary alicyclic amines) is 2. The summed E-state index contributed by atoms with van der Waals surface area (Å²) < 4.78 is 5.39. The van der Waals surface area contributed by atoms with Crippen molar-refractivity contribution in [3.05, 3.63) is 23.3 Å². The van der Waals surface area contributed by atoms with Crippen molar-refractivity contribution in [1.29, 1.82) is 0 Å². The zero-order valence-electron chi connectivity index (χ0n) is 15.1. The van der Waals surface area contributed by atoms with Gasteiger partial charge in [-0.1, -0.05) is 0 Å². The van der Waals surface area contributed by atoms with E-state index in [4.69, 9.17) is 4.74 Å². The first kappa shape index (κ1) is 17.1. The Morgan fingerprint density at radius 1 is 1.25 bits per heavy atom. The zero-order chi connectivity index (χ0) is 17.1. The van der Waals surface area contributed by atoms with Crippen LogP contribution in [0.25, 0.3) is 0 Å². The molecule has 5 nitrogen and oxygen atoms in total. The van der Waals surface area contributed by atoms with Gasteiger partial charge >= 0.3 is 6.03 Å². The number of nitrogens with zero attached hydrogens (tertiary/aromatic N) is 2. The number of amides is 2. The Balaban J connectivity index is 1.58. The maximum absolute atomic E-state index is 12.6. The summed E-state index contributed by atoms with van der Waals surface area (Å²) in [5, 5.41) is 3.08. The van der Waals surface area contributed by atoms with Crippen LogP contribution >= 0.6 is 0 Å². The van der Waals surface area contributed by atoms with Crippen molar-refractivity contribution in [1.82, 2.24) is 9.80 Å². The van der Waals surface area contributed by atoms with E-state index in [0.717, 1.165) is 48.6 Å². The molecule has 0 spiro atoms. The summed E-state index contributed by atoms with van der Waals surface area (Å²) >= 11 is 0. The van der Waals surface area contributed by atoms with E-state index in [2.05, 4.69) is 10.2 Å². The highest BCUT2D eigenvalue weighted by molar-refractivity contribution is 5.91. The number of ether oxygens (including phenoxy) is 1. The zero-order valence-corrected chi connectivity index (χ0v) is 15.1. The summed E-state index contributed by atoms with van der Waals surface area (Å²) in [5.41, 5.74) is 2.91. The molecular weight excluding hydrogens is 302 g/mol. The van der Waals surface area contributed by atoms with E-state index >= 15 is 0 Å². The molecule has 2 aliphatic heterocycles. The van der Waals surface area contributed by atoms with Gasteiger partial charge in [0, 0.05) is 30.9 Å². The molecule has 1 unspecified atom stereocenters. The highest BCUT2D eigenvalue weighted by Crippen LogP contribution is 2.28. The lowest BCUT2D eigenvalue weighted by Gasteiger charge is -2.21. The third-order valence-corrected chi connectivity index (χ3v) is 5.25. The number of nitrogens with one attached hydrogen (secondary N) is 1. The predicted molar refractivity (Wildman–Crippen MR) is 96.8 cm³/mol. The SMILES string of the molecule is COc1cc(C)cc(NC(=O)N2CCC(CN3CCCC3)C2)c1C. The van der Waals surface area contributed by atoms with Crippen LogP contribution in [0.1, 0.15) is 30.4 Å². The van der Waals surface area contributed by atoms with Crippen LogP contribution < -0.4 is 10.1 Å². The second-order valence-corrected chi connectivity index (χ2v) is 7.18. The molecule has 2 aliphatic rings. The predicted octanol–water partition coefficient (Wildman–Crippen LogP) is 3.26. The molecule has 0 aromatic heterocycles. The van der Waals surface area contributed by atoms with Gasteiger partial charge in [-0.2, -0.15) is 0 Å². The maximum Gasteiger partial charge on any atom is 0.321 e. The number of aryl methyl sites for hydroxylation is 1. The molecule has 0 radical (unpaired) electrons. The fourth-order valence-corrected chi connectivity index (χ4v) is 3.86. The molecular formula is C19H29N3O2. The third-order valence-electron chi connectivity index (χ3n) is 5.25. The van der Waals surface area contributed by atoms with Gasteiger partial charge in [-0.3, -0.25) is 0 Å². The van der Waals surface area contributed by atoms with E-state index in [-0.39, 0.29) is 6.03 Å². The van der Waals surface area contributed by atoms with Crippen LogP contribution in [0.2, 0.25) is 0 Å². The van der Waals surface area contributed by atoms with Gasteiger partial charge in [0.15, 0.2) is 0 Å². The van der Waals surface area contributed by atoms with Crippen LogP contribution in [-0.2, 0) is 0 Å². The Hall–Kier alpha value is -1.75. The minimum Gasteiger partial charge on any atom is -0.496 e. The molecule has 5 heteroatoms. The second-order valence-electron chi connectivity index (χ2n) is 7.18. The van der Waals surface area contributed by atoms with Gasteiger partial charge < -0.3 is 19.9 Å². The van der Waals surface area contributed by atoms with Gasteiger partial charge in [-0.15, -0.1) is 0 Å². The minimum atomic E-state index is 0.00896. The fraction of sp³-hybridized carbons (Fsp3) is 0.632. The quantitative estimate of drug-likeness (QED) is 0.921. The lowest BCUT2D eigenvalue weighted by atomic mass is 10.1. The number of hydrogen-bond donors (Lipinski definition) is 1. The van der Waals surface area contributed by atoms with E-state index in [1.807, 2.05) is 30.9 Å². The van der Waals surface area contributed by atoms with E-state index < -0.39 is 0 Å². The van der Waals surface area contributed by atoms with Crippen molar-refractivity contribution in [2.75, 3.05) is 45.2 Å². The number of rotatable bonds is 4. The lowest BCUT2D eigenvalue weighted by molar-refractivity contribution is 0.217. The molecule has 1 atom stereocenters. The molecule has 0 aliphatic carbocycles. The van der Waals surface area contributed by atoms with Crippen LogP contribution in [0.15, 0.2) is 12.1 Å². The van der Waals surface area contributed by atoms with Crippen molar-refractivity contribution in [3.63, 3.8) is 0 Å². The molecule has 1 N–H and O–H groups in total. The molecule has 2 fully saturated rings. The van der Waals surface area contributed by atoms with E-state index in [0.29, 0.717) is 5.92 Å². The van der Waals surface area contributed by atoms with Gasteiger partial charge in [0.05, 0.1) is 7.11 Å². The number of hydrogen-bond acceptors (Lipinski definition) is 3. The van der Waals surface area contributed by atoms with Crippen molar-refractivity contribution in [2.45, 2.75) is 33.1 Å². The highest BCUT2D eigenvalue weighted by atomic mass is 16.5. The summed E-state index contributed by atoms with van der Waals surface area (Å²) in [6.07, 6.45) is 3.76. The van der Waals surface area contributed by atoms with Crippen LogP contribution in [0.5, 0.6) is 5.75 Å². The van der Waals surface area contributed by atoms with Crippen LogP contribution in [0.3, 0.4) is 0 Å². The van der Waals surface area contributed by atoms with Gasteiger partial charge in [0.2, 0.25) is 0 Å². The van der Waals surface area contributed by atoms with Gasteiger partial charge in [0.25, 0.3) is 0 Å². The number of carbonyl (C=O) groups excluding carboxylic acids is 1. The van der Waals surface area contributed by atoms with Crippen LogP contribution in [0, 0.1) is 19.8 Å². The largest absolute Gasteiger partial charge is 0.496 e. The lowest BCUT2D eigenvalue weighted by Crippen LogP contribution is -2.35. The first-order valence-corrected chi connectivity index (χ1v) is 9.00. The van der Waals surface area contributed by atoms with Crippen LogP contribution in [-0.4, -0.2) is 55.7 Å². The molecule has 0 bridgehead atoms. The van der Waals surface area contributed by atoms with Crippen molar-refractivity contribution in [2.24, 2.45) is 5.92 Å². The molecule has 3 rings (SSSR count). The Morgan fingerprint density at radius 2 is 2.00 bits per heavy atom. The number of carbonyl (C=O) groups is 1. The third kappa shape index (κ3) is 3.83.